The molecule has 0 radical (unpaired) electrons. The van der Waals surface area contributed by atoms with Crippen LogP contribution in [0.5, 0.6) is 0 Å². The van der Waals surface area contributed by atoms with Crippen molar-refractivity contribution in [1.82, 2.24) is 5.32 Å². The maximum atomic E-state index is 13.4. The average Bonchev–Trinajstić information content (AvgIpc) is 2.55. The van der Waals surface area contributed by atoms with Crippen molar-refractivity contribution in [1.29, 1.82) is 0 Å². The summed E-state index contributed by atoms with van der Waals surface area (Å²) in [6.45, 7) is 1.53. The Morgan fingerprint density at radius 1 is 1.16 bits per heavy atom. The summed E-state index contributed by atoms with van der Waals surface area (Å²) in [6.07, 6.45) is 1.86. The number of nitrogens with zero attached hydrogens (tertiary/aromatic N) is 1. The summed E-state index contributed by atoms with van der Waals surface area (Å²) in [5.74, 6) is -0.403. The lowest BCUT2D eigenvalue weighted by atomic mass is 10.0. The van der Waals surface area contributed by atoms with Crippen molar-refractivity contribution in [2.24, 2.45) is 0 Å². The third-order valence-electron chi connectivity index (χ3n) is 4.14. The van der Waals surface area contributed by atoms with Gasteiger partial charge in [-0.05, 0) is 43.2 Å². The van der Waals surface area contributed by atoms with E-state index in [1.807, 2.05) is 6.07 Å². The van der Waals surface area contributed by atoms with E-state index in [9.17, 15) is 9.18 Å². The third-order valence-corrected chi connectivity index (χ3v) is 4.14. The summed E-state index contributed by atoms with van der Waals surface area (Å²) in [5.41, 5.74) is 7.67. The first kappa shape index (κ1) is 21.1. The molecule has 2 aromatic rings. The number of carbonyl (C=O) groups is 1. The lowest BCUT2D eigenvalue weighted by Crippen LogP contribution is -2.48. The number of para-hydroxylation sites is 1. The summed E-state index contributed by atoms with van der Waals surface area (Å²) in [4.78, 5) is 14.5. The number of nitrogens with one attached hydrogen (secondary N) is 1. The van der Waals surface area contributed by atoms with Gasteiger partial charge < -0.3 is 16.0 Å². The Morgan fingerprint density at radius 3 is 2.64 bits per heavy atom. The monoisotopic (exact) mass is 385 g/mol. The molecule has 4 nitrogen and oxygen atoms in total. The minimum absolute atomic E-state index is 0. The summed E-state index contributed by atoms with van der Waals surface area (Å²) < 4.78 is 13.4. The molecule has 3 rings (SSSR count). The van der Waals surface area contributed by atoms with Gasteiger partial charge in [0.05, 0.1) is 5.56 Å². The summed E-state index contributed by atoms with van der Waals surface area (Å²) in [7, 11) is 0. The molecule has 1 amide bonds. The van der Waals surface area contributed by atoms with E-state index >= 15 is 0 Å². The molecular weight excluding hydrogens is 364 g/mol. The highest BCUT2D eigenvalue weighted by Crippen LogP contribution is 2.21. The lowest BCUT2D eigenvalue weighted by Gasteiger charge is -2.34. The SMILES string of the molecule is Cl.Cl.Nc1ccccc1C(=O)NC1CCCN(c2cccc(F)c2)C1. The molecule has 0 spiro atoms. The zero-order valence-electron chi connectivity index (χ0n) is 13.7. The summed E-state index contributed by atoms with van der Waals surface area (Å²) in [5, 5.41) is 3.04. The second kappa shape index (κ2) is 9.49. The molecule has 7 heteroatoms. The van der Waals surface area contributed by atoms with Gasteiger partial charge >= 0.3 is 0 Å². The van der Waals surface area contributed by atoms with Crippen molar-refractivity contribution in [2.45, 2.75) is 18.9 Å². The van der Waals surface area contributed by atoms with Crippen LogP contribution < -0.4 is 16.0 Å². The molecule has 1 fully saturated rings. The van der Waals surface area contributed by atoms with Gasteiger partial charge in [-0.15, -0.1) is 24.8 Å². The number of amides is 1. The van der Waals surface area contributed by atoms with E-state index in [4.69, 9.17) is 5.73 Å². The number of piperidine rings is 1. The Balaban J connectivity index is 0.00000156. The Kier molecular flexibility index (Phi) is 8.00. The highest BCUT2D eigenvalue weighted by molar-refractivity contribution is 5.99. The number of nitrogens with two attached hydrogens (primary N) is 1. The van der Waals surface area contributed by atoms with Crippen molar-refractivity contribution < 1.29 is 9.18 Å². The van der Waals surface area contributed by atoms with Crippen LogP contribution in [0.4, 0.5) is 15.8 Å². The number of carbonyl (C=O) groups excluding carboxylic acids is 1. The van der Waals surface area contributed by atoms with Gasteiger partial charge in [0.1, 0.15) is 5.82 Å². The van der Waals surface area contributed by atoms with Crippen LogP contribution in [0.2, 0.25) is 0 Å². The number of nitrogen functional groups attached to an aromatic ring is 1. The molecule has 1 atom stereocenters. The van der Waals surface area contributed by atoms with Crippen LogP contribution in [0, 0.1) is 5.82 Å². The van der Waals surface area contributed by atoms with Gasteiger partial charge in [0.25, 0.3) is 5.91 Å². The average molecular weight is 386 g/mol. The minimum atomic E-state index is -0.245. The van der Waals surface area contributed by atoms with Gasteiger partial charge in [0, 0.05) is 30.5 Å². The molecular formula is C18H22Cl2FN3O. The van der Waals surface area contributed by atoms with Crippen molar-refractivity contribution in [3.63, 3.8) is 0 Å². The van der Waals surface area contributed by atoms with Crippen LogP contribution >= 0.6 is 24.8 Å². The van der Waals surface area contributed by atoms with Crippen molar-refractivity contribution in [3.8, 4) is 0 Å². The van der Waals surface area contributed by atoms with E-state index in [2.05, 4.69) is 10.2 Å². The highest BCUT2D eigenvalue weighted by Gasteiger charge is 2.22. The predicted molar refractivity (Wildman–Crippen MR) is 104 cm³/mol. The van der Waals surface area contributed by atoms with Gasteiger partial charge in [-0.3, -0.25) is 4.79 Å². The fourth-order valence-corrected chi connectivity index (χ4v) is 2.97. The largest absolute Gasteiger partial charge is 0.398 e. The van der Waals surface area contributed by atoms with Crippen LogP contribution in [-0.4, -0.2) is 25.0 Å². The second-order valence-electron chi connectivity index (χ2n) is 5.83. The van der Waals surface area contributed by atoms with Crippen LogP contribution in [-0.2, 0) is 0 Å². The molecule has 0 aliphatic carbocycles. The van der Waals surface area contributed by atoms with Gasteiger partial charge in [0.2, 0.25) is 0 Å². The normalized spacial score (nSPS) is 16.4. The second-order valence-corrected chi connectivity index (χ2v) is 5.83. The Hall–Kier alpha value is -1.98. The molecule has 1 unspecified atom stereocenters. The minimum Gasteiger partial charge on any atom is -0.398 e. The van der Waals surface area contributed by atoms with Crippen LogP contribution in [0.1, 0.15) is 23.2 Å². The molecule has 1 aliphatic heterocycles. The molecule has 0 saturated carbocycles. The molecule has 0 aromatic heterocycles. The molecule has 1 saturated heterocycles. The lowest BCUT2D eigenvalue weighted by molar-refractivity contribution is 0.0934. The predicted octanol–water partition coefficient (Wildman–Crippen LogP) is 3.65. The Morgan fingerprint density at radius 2 is 1.92 bits per heavy atom. The summed E-state index contributed by atoms with van der Waals surface area (Å²) >= 11 is 0. The molecule has 2 aromatic carbocycles. The molecule has 1 aliphatic rings. The fraction of sp³-hybridized carbons (Fsp3) is 0.278. The number of anilines is 2. The quantitative estimate of drug-likeness (QED) is 0.792. The number of rotatable bonds is 3. The van der Waals surface area contributed by atoms with Crippen LogP contribution in [0.15, 0.2) is 48.5 Å². The van der Waals surface area contributed by atoms with E-state index in [1.54, 1.807) is 30.3 Å². The van der Waals surface area contributed by atoms with Crippen molar-refractivity contribution in [3.05, 3.63) is 59.9 Å². The number of hydrogen-bond acceptors (Lipinski definition) is 3. The standard InChI is InChI=1S/C18H20FN3O.2ClH/c19-13-5-3-7-15(11-13)22-10-4-6-14(12-22)21-18(23)16-8-1-2-9-17(16)20;;/h1-3,5,7-9,11,14H,4,6,10,12,20H2,(H,21,23);2*1H. The molecule has 1 heterocycles. The van der Waals surface area contributed by atoms with Crippen LogP contribution in [0.3, 0.4) is 0 Å². The van der Waals surface area contributed by atoms with Gasteiger partial charge in [-0.1, -0.05) is 18.2 Å². The first-order valence-electron chi connectivity index (χ1n) is 7.79. The molecule has 136 valence electrons. The topological polar surface area (TPSA) is 58.4 Å². The maximum absolute atomic E-state index is 13.4. The first-order valence-corrected chi connectivity index (χ1v) is 7.79. The fourth-order valence-electron chi connectivity index (χ4n) is 2.97. The van der Waals surface area contributed by atoms with E-state index in [0.29, 0.717) is 17.8 Å². The van der Waals surface area contributed by atoms with E-state index in [-0.39, 0.29) is 42.6 Å². The third kappa shape index (κ3) is 5.25. The van der Waals surface area contributed by atoms with Gasteiger partial charge in [-0.25, -0.2) is 4.39 Å². The maximum Gasteiger partial charge on any atom is 0.253 e. The molecule has 3 N–H and O–H groups in total. The van der Waals surface area contributed by atoms with E-state index < -0.39 is 0 Å². The number of hydrogen-bond donors (Lipinski definition) is 2. The van der Waals surface area contributed by atoms with Gasteiger partial charge in [-0.2, -0.15) is 0 Å². The summed E-state index contributed by atoms with van der Waals surface area (Å²) in [6, 6.07) is 13.6. The Bertz CT molecular complexity index is 714. The smallest absolute Gasteiger partial charge is 0.253 e. The molecule has 0 bridgehead atoms. The van der Waals surface area contributed by atoms with E-state index in [1.165, 1.54) is 12.1 Å². The van der Waals surface area contributed by atoms with Gasteiger partial charge in [0.15, 0.2) is 0 Å². The highest BCUT2D eigenvalue weighted by atomic mass is 35.5. The van der Waals surface area contributed by atoms with Crippen LogP contribution in [0.25, 0.3) is 0 Å². The van der Waals surface area contributed by atoms with Crippen molar-refractivity contribution in [2.75, 3.05) is 23.7 Å². The zero-order chi connectivity index (χ0) is 16.2. The van der Waals surface area contributed by atoms with Crippen molar-refractivity contribution >= 4 is 42.1 Å². The first-order chi connectivity index (χ1) is 11.1. The number of benzene rings is 2. The van der Waals surface area contributed by atoms with E-state index in [0.717, 1.165) is 25.1 Å². The zero-order valence-corrected chi connectivity index (χ0v) is 15.3. The Labute approximate surface area is 159 Å². The molecule has 25 heavy (non-hydrogen) atoms. The number of halogens is 3.